The summed E-state index contributed by atoms with van der Waals surface area (Å²) in [5, 5.41) is 0. The Morgan fingerprint density at radius 1 is 0.822 bits per heavy atom. The van der Waals surface area contributed by atoms with Crippen LogP contribution in [0.1, 0.15) is 53.7 Å². The Hall–Kier alpha value is -5.24. The summed E-state index contributed by atoms with van der Waals surface area (Å²) in [5.41, 5.74) is 1.77. The van der Waals surface area contributed by atoms with Gasteiger partial charge >= 0.3 is 0 Å². The zero-order valence-corrected chi connectivity index (χ0v) is 25.2. The SMILES string of the molecule is COc1ccc([C@H]2[C@H](C(=O)c3ccc(C)cc3)N3c4ccc(F)cc4C=C[C@@H]3C23C(=O)c2ccccc2C3=O)c(OC)c1OC. The van der Waals surface area contributed by atoms with Crippen molar-refractivity contribution in [2.24, 2.45) is 5.41 Å². The van der Waals surface area contributed by atoms with E-state index in [4.69, 9.17) is 14.2 Å². The molecule has 1 fully saturated rings. The number of halogens is 1. The van der Waals surface area contributed by atoms with E-state index in [1.54, 1.807) is 66.7 Å². The van der Waals surface area contributed by atoms with Gasteiger partial charge in [0.25, 0.3) is 0 Å². The van der Waals surface area contributed by atoms with Gasteiger partial charge in [0.15, 0.2) is 28.8 Å². The lowest BCUT2D eigenvalue weighted by molar-refractivity contribution is 0.0664. The number of benzene rings is 4. The van der Waals surface area contributed by atoms with Crippen LogP contribution in [-0.4, -0.2) is 50.8 Å². The van der Waals surface area contributed by atoms with Crippen LogP contribution in [-0.2, 0) is 0 Å². The summed E-state index contributed by atoms with van der Waals surface area (Å²) in [5.74, 6) is -1.62. The zero-order chi connectivity index (χ0) is 31.6. The summed E-state index contributed by atoms with van der Waals surface area (Å²) in [7, 11) is 4.44. The highest BCUT2D eigenvalue weighted by atomic mass is 19.1. The number of Topliss-reactive ketones (excluding diaryl/α,β-unsaturated/α-hetero) is 3. The molecule has 1 spiro atoms. The summed E-state index contributed by atoms with van der Waals surface area (Å²) in [6, 6.07) is 19.8. The minimum absolute atomic E-state index is 0.252. The first-order chi connectivity index (χ1) is 21.8. The standard InChI is InChI=1S/C37H30FNO6/c1-20-9-11-21(12-10-20)32(40)31-30(26-15-17-28(43-2)34(45-4)33(26)44-3)37(35(41)24-7-5-6-8-25(24)36(37)42)29-18-13-22-19-23(38)14-16-27(22)39(29)31/h5-19,29-31H,1-4H3/t29-,30+,31-/m1/s1. The molecule has 0 radical (unpaired) electrons. The van der Waals surface area contributed by atoms with E-state index in [-0.39, 0.29) is 28.8 Å². The summed E-state index contributed by atoms with van der Waals surface area (Å²) < 4.78 is 31.7. The van der Waals surface area contributed by atoms with Gasteiger partial charge in [-0.3, -0.25) is 14.4 Å². The number of hydrogen-bond acceptors (Lipinski definition) is 7. The van der Waals surface area contributed by atoms with Gasteiger partial charge in [0.2, 0.25) is 5.75 Å². The predicted molar refractivity (Wildman–Crippen MR) is 167 cm³/mol. The van der Waals surface area contributed by atoms with E-state index in [1.807, 2.05) is 24.0 Å². The minimum Gasteiger partial charge on any atom is -0.493 e. The van der Waals surface area contributed by atoms with Gasteiger partial charge in [0.05, 0.1) is 27.4 Å². The topological polar surface area (TPSA) is 82.1 Å². The molecule has 2 aliphatic heterocycles. The fourth-order valence-corrected chi connectivity index (χ4v) is 7.55. The minimum atomic E-state index is -1.76. The number of nitrogens with zero attached hydrogens (tertiary/aromatic N) is 1. The first-order valence-electron chi connectivity index (χ1n) is 14.6. The fraction of sp³-hybridized carbons (Fsp3) is 0.216. The molecule has 3 atom stereocenters. The molecule has 3 aliphatic rings. The second kappa shape index (κ2) is 10.4. The maximum Gasteiger partial charge on any atom is 0.203 e. The summed E-state index contributed by atoms with van der Waals surface area (Å²) in [4.78, 5) is 46.6. The second-order valence-corrected chi connectivity index (χ2v) is 11.6. The highest BCUT2D eigenvalue weighted by Gasteiger charge is 2.72. The Kier molecular flexibility index (Phi) is 6.62. The van der Waals surface area contributed by atoms with Gasteiger partial charge in [-0.15, -0.1) is 0 Å². The van der Waals surface area contributed by atoms with Crippen molar-refractivity contribution in [3.8, 4) is 17.2 Å². The number of aryl methyl sites for hydroxylation is 1. The number of ketones is 3. The molecule has 0 bridgehead atoms. The number of carbonyl (C=O) groups is 3. The highest BCUT2D eigenvalue weighted by Crippen LogP contribution is 2.63. The van der Waals surface area contributed by atoms with Gasteiger partial charge in [-0.1, -0.05) is 72.3 Å². The van der Waals surface area contributed by atoms with E-state index >= 15 is 0 Å². The molecule has 8 heteroatoms. The third kappa shape index (κ3) is 3.84. The maximum absolute atomic E-state index is 14.9. The fourth-order valence-electron chi connectivity index (χ4n) is 7.55. The Morgan fingerprint density at radius 2 is 1.49 bits per heavy atom. The van der Waals surface area contributed by atoms with E-state index in [0.29, 0.717) is 39.3 Å². The van der Waals surface area contributed by atoms with Gasteiger partial charge in [-0.25, -0.2) is 4.39 Å². The molecular formula is C37H30FNO6. The van der Waals surface area contributed by atoms with E-state index in [1.165, 1.54) is 33.5 Å². The lowest BCUT2D eigenvalue weighted by atomic mass is 9.64. The van der Waals surface area contributed by atoms with Crippen molar-refractivity contribution in [2.45, 2.75) is 24.9 Å². The Bertz CT molecular complexity index is 1900. The summed E-state index contributed by atoms with van der Waals surface area (Å²) in [6.45, 7) is 1.93. The van der Waals surface area contributed by atoms with Crippen molar-refractivity contribution in [3.05, 3.63) is 124 Å². The Balaban J connectivity index is 1.59. The molecule has 7 nitrogen and oxygen atoms in total. The molecular weight excluding hydrogens is 573 g/mol. The lowest BCUT2D eigenvalue weighted by Crippen LogP contribution is -2.48. The molecule has 0 N–H and O–H groups in total. The van der Waals surface area contributed by atoms with Crippen LogP contribution >= 0.6 is 0 Å². The Labute approximate surface area is 259 Å². The number of anilines is 1. The first-order valence-corrected chi connectivity index (χ1v) is 14.6. The number of rotatable bonds is 6. The zero-order valence-electron chi connectivity index (χ0n) is 25.2. The van der Waals surface area contributed by atoms with Gasteiger partial charge in [-0.2, -0.15) is 0 Å². The molecule has 0 aromatic heterocycles. The van der Waals surface area contributed by atoms with Gasteiger partial charge < -0.3 is 19.1 Å². The monoisotopic (exact) mass is 603 g/mol. The van der Waals surface area contributed by atoms with Crippen molar-refractivity contribution in [1.29, 1.82) is 0 Å². The normalized spacial score (nSPS) is 20.6. The largest absolute Gasteiger partial charge is 0.493 e. The average Bonchev–Trinajstić information content (AvgIpc) is 3.49. The molecule has 45 heavy (non-hydrogen) atoms. The highest BCUT2D eigenvalue weighted by molar-refractivity contribution is 6.32. The molecule has 4 aromatic carbocycles. The molecule has 4 aromatic rings. The van der Waals surface area contributed by atoms with Crippen molar-refractivity contribution in [3.63, 3.8) is 0 Å². The van der Waals surface area contributed by atoms with Crippen LogP contribution in [0.3, 0.4) is 0 Å². The van der Waals surface area contributed by atoms with Gasteiger partial charge in [0, 0.05) is 39.4 Å². The van der Waals surface area contributed by atoms with Crippen LogP contribution < -0.4 is 19.1 Å². The van der Waals surface area contributed by atoms with E-state index in [2.05, 4.69) is 0 Å². The van der Waals surface area contributed by atoms with E-state index in [0.717, 1.165) is 5.56 Å². The predicted octanol–water partition coefficient (Wildman–Crippen LogP) is 6.48. The average molecular weight is 604 g/mol. The molecule has 0 saturated carbocycles. The van der Waals surface area contributed by atoms with Gasteiger partial charge in [0.1, 0.15) is 17.3 Å². The van der Waals surface area contributed by atoms with Crippen LogP contribution in [0.15, 0.2) is 84.9 Å². The van der Waals surface area contributed by atoms with Crippen LogP contribution in [0.25, 0.3) is 6.08 Å². The van der Waals surface area contributed by atoms with Crippen LogP contribution in [0.2, 0.25) is 0 Å². The smallest absolute Gasteiger partial charge is 0.203 e. The quantitative estimate of drug-likeness (QED) is 0.184. The Morgan fingerprint density at radius 3 is 2.11 bits per heavy atom. The molecule has 226 valence electrons. The maximum atomic E-state index is 14.9. The number of ether oxygens (including phenoxy) is 3. The molecule has 1 saturated heterocycles. The van der Waals surface area contributed by atoms with Crippen molar-refractivity contribution >= 4 is 29.1 Å². The molecule has 0 amide bonds. The summed E-state index contributed by atoms with van der Waals surface area (Å²) in [6.07, 6.45) is 3.48. The third-order valence-electron chi connectivity index (χ3n) is 9.44. The number of methoxy groups -OCH3 is 3. The van der Waals surface area contributed by atoms with Crippen LogP contribution in [0.4, 0.5) is 10.1 Å². The van der Waals surface area contributed by atoms with Crippen molar-refractivity contribution < 1.29 is 33.0 Å². The van der Waals surface area contributed by atoms with E-state index in [9.17, 15) is 18.8 Å². The number of carbonyl (C=O) groups excluding carboxylic acids is 3. The van der Waals surface area contributed by atoms with Gasteiger partial charge in [-0.05, 0) is 31.2 Å². The van der Waals surface area contributed by atoms with Crippen molar-refractivity contribution in [1.82, 2.24) is 0 Å². The second-order valence-electron chi connectivity index (χ2n) is 11.6. The van der Waals surface area contributed by atoms with Crippen LogP contribution in [0, 0.1) is 18.2 Å². The molecule has 1 aliphatic carbocycles. The summed E-state index contributed by atoms with van der Waals surface area (Å²) >= 11 is 0. The molecule has 0 unspecified atom stereocenters. The molecule has 7 rings (SSSR count). The lowest BCUT2D eigenvalue weighted by Gasteiger charge is -2.37. The number of hydrogen-bond donors (Lipinski definition) is 0. The van der Waals surface area contributed by atoms with Crippen molar-refractivity contribution in [2.75, 3.05) is 26.2 Å². The molecule has 2 heterocycles. The van der Waals surface area contributed by atoms with Crippen LogP contribution in [0.5, 0.6) is 17.2 Å². The third-order valence-corrected chi connectivity index (χ3v) is 9.44. The van der Waals surface area contributed by atoms with E-state index < -0.39 is 29.2 Å². The first kappa shape index (κ1) is 28.5. The number of fused-ring (bicyclic) bond motifs is 5.